The van der Waals surface area contributed by atoms with Crippen molar-refractivity contribution < 1.29 is 0 Å². The van der Waals surface area contributed by atoms with Crippen LogP contribution in [0.25, 0.3) is 11.1 Å². The highest BCUT2D eigenvalue weighted by molar-refractivity contribution is 7.00. The number of anilines is 8. The van der Waals surface area contributed by atoms with Gasteiger partial charge in [-0.1, -0.05) is 109 Å². The highest BCUT2D eigenvalue weighted by atomic mass is 15.2. The number of hydrogen-bond donors (Lipinski definition) is 1. The highest BCUT2D eigenvalue weighted by Crippen LogP contribution is 2.43. The first-order valence-corrected chi connectivity index (χ1v) is 15.8. The fourth-order valence-corrected chi connectivity index (χ4v) is 7.21. The van der Waals surface area contributed by atoms with Crippen LogP contribution in [0.4, 0.5) is 45.5 Å². The zero-order valence-electron chi connectivity index (χ0n) is 25.2. The maximum Gasteiger partial charge on any atom is 0.252 e. The predicted molar refractivity (Wildman–Crippen MR) is 196 cm³/mol. The standard InChI is InChI=1S/C42H30BN3/c1-5-14-30(15-6-1)31-24-26-36-39(28-31)44-38-22-13-23-40-42(38)43(36)37-27-25-35(29-41(37)46(40)34-20-11-4-12-21-34)45(32-16-7-2-8-17-32)33-18-9-3-10-19-33/h1-29,44H. The van der Waals surface area contributed by atoms with Crippen molar-refractivity contribution in [2.75, 3.05) is 15.1 Å². The minimum Gasteiger partial charge on any atom is -0.356 e. The van der Waals surface area contributed by atoms with Crippen molar-refractivity contribution >= 4 is 68.6 Å². The Morgan fingerprint density at radius 2 is 1.07 bits per heavy atom. The van der Waals surface area contributed by atoms with Crippen LogP contribution in [0.3, 0.4) is 0 Å². The first-order chi connectivity index (χ1) is 22.8. The third-order valence-electron chi connectivity index (χ3n) is 9.22. The molecule has 46 heavy (non-hydrogen) atoms. The van der Waals surface area contributed by atoms with Crippen LogP contribution in [0.1, 0.15) is 0 Å². The smallest absolute Gasteiger partial charge is 0.252 e. The van der Waals surface area contributed by atoms with E-state index in [0.29, 0.717) is 0 Å². The Morgan fingerprint density at radius 1 is 0.435 bits per heavy atom. The molecule has 4 heteroatoms. The average Bonchev–Trinajstić information content (AvgIpc) is 3.13. The first kappa shape index (κ1) is 26.4. The van der Waals surface area contributed by atoms with E-state index >= 15 is 0 Å². The molecule has 0 aromatic heterocycles. The lowest BCUT2D eigenvalue weighted by atomic mass is 9.33. The molecule has 0 atom stereocenters. The van der Waals surface area contributed by atoms with Gasteiger partial charge in [-0.15, -0.1) is 0 Å². The van der Waals surface area contributed by atoms with Gasteiger partial charge in [0.05, 0.1) is 0 Å². The predicted octanol–water partition coefficient (Wildman–Crippen LogP) is 9.18. The van der Waals surface area contributed by atoms with E-state index in [1.54, 1.807) is 0 Å². The largest absolute Gasteiger partial charge is 0.356 e. The van der Waals surface area contributed by atoms with Crippen LogP contribution in [0, 0.1) is 0 Å². The topological polar surface area (TPSA) is 18.5 Å². The summed E-state index contributed by atoms with van der Waals surface area (Å²) in [5.74, 6) is 0. The molecule has 3 nitrogen and oxygen atoms in total. The zero-order chi connectivity index (χ0) is 30.5. The lowest BCUT2D eigenvalue weighted by Crippen LogP contribution is -2.60. The Labute approximate surface area is 270 Å². The molecule has 0 saturated heterocycles. The second-order valence-corrected chi connectivity index (χ2v) is 11.9. The molecular weight excluding hydrogens is 557 g/mol. The van der Waals surface area contributed by atoms with E-state index in [9.17, 15) is 0 Å². The first-order valence-electron chi connectivity index (χ1n) is 15.8. The molecule has 0 unspecified atom stereocenters. The molecule has 0 spiro atoms. The van der Waals surface area contributed by atoms with Crippen LogP contribution in [-0.2, 0) is 0 Å². The molecule has 0 radical (unpaired) electrons. The maximum atomic E-state index is 3.83. The van der Waals surface area contributed by atoms with Crippen molar-refractivity contribution in [3.8, 4) is 11.1 Å². The third kappa shape index (κ3) is 4.30. The van der Waals surface area contributed by atoms with Gasteiger partial charge in [-0.05, 0) is 94.2 Å². The molecule has 0 amide bonds. The molecule has 2 aliphatic rings. The molecule has 0 fully saturated rings. The number of fused-ring (bicyclic) bond motifs is 4. The van der Waals surface area contributed by atoms with Crippen molar-refractivity contribution in [2.45, 2.75) is 0 Å². The Hall–Kier alpha value is -6.00. The lowest BCUT2D eigenvalue weighted by Gasteiger charge is -2.41. The summed E-state index contributed by atoms with van der Waals surface area (Å²) in [6, 6.07) is 63.2. The molecular formula is C42H30BN3. The quantitative estimate of drug-likeness (QED) is 0.203. The zero-order valence-corrected chi connectivity index (χ0v) is 25.2. The fraction of sp³-hybridized carbons (Fsp3) is 0. The van der Waals surface area contributed by atoms with Crippen LogP contribution in [0.15, 0.2) is 176 Å². The van der Waals surface area contributed by atoms with Gasteiger partial charge in [-0.25, -0.2) is 0 Å². The van der Waals surface area contributed by atoms with E-state index < -0.39 is 0 Å². The third-order valence-corrected chi connectivity index (χ3v) is 9.22. The summed E-state index contributed by atoms with van der Waals surface area (Å²) in [5.41, 5.74) is 15.6. The molecule has 0 bridgehead atoms. The monoisotopic (exact) mass is 587 g/mol. The molecule has 216 valence electrons. The van der Waals surface area contributed by atoms with E-state index in [-0.39, 0.29) is 6.71 Å². The van der Waals surface area contributed by atoms with Crippen molar-refractivity contribution in [3.63, 3.8) is 0 Å². The van der Waals surface area contributed by atoms with Gasteiger partial charge in [0.15, 0.2) is 0 Å². The molecule has 7 aromatic rings. The normalized spacial score (nSPS) is 12.4. The molecule has 0 aliphatic carbocycles. The van der Waals surface area contributed by atoms with Crippen LogP contribution in [-0.4, -0.2) is 6.71 Å². The van der Waals surface area contributed by atoms with Crippen molar-refractivity contribution in [1.29, 1.82) is 0 Å². The maximum absolute atomic E-state index is 3.83. The van der Waals surface area contributed by atoms with Crippen LogP contribution in [0.2, 0.25) is 0 Å². The Morgan fingerprint density at radius 3 is 1.76 bits per heavy atom. The van der Waals surface area contributed by atoms with Crippen LogP contribution in [0.5, 0.6) is 0 Å². The van der Waals surface area contributed by atoms with Crippen molar-refractivity contribution in [3.05, 3.63) is 176 Å². The number of benzene rings is 7. The highest BCUT2D eigenvalue weighted by Gasteiger charge is 2.40. The van der Waals surface area contributed by atoms with Gasteiger partial charge in [0.25, 0.3) is 6.71 Å². The van der Waals surface area contributed by atoms with E-state index in [2.05, 4.69) is 191 Å². The summed E-state index contributed by atoms with van der Waals surface area (Å²) in [7, 11) is 0. The van der Waals surface area contributed by atoms with Gasteiger partial charge in [0, 0.05) is 45.5 Å². The number of hydrogen-bond acceptors (Lipinski definition) is 3. The fourth-order valence-electron chi connectivity index (χ4n) is 7.21. The van der Waals surface area contributed by atoms with E-state index in [4.69, 9.17) is 0 Å². The molecule has 2 aliphatic heterocycles. The van der Waals surface area contributed by atoms with Crippen molar-refractivity contribution in [2.24, 2.45) is 0 Å². The summed E-state index contributed by atoms with van der Waals surface area (Å²) in [4.78, 5) is 4.78. The van der Waals surface area contributed by atoms with Crippen molar-refractivity contribution in [1.82, 2.24) is 0 Å². The molecule has 2 heterocycles. The Balaban J connectivity index is 1.27. The van der Waals surface area contributed by atoms with Gasteiger partial charge >= 0.3 is 0 Å². The second-order valence-electron chi connectivity index (χ2n) is 11.9. The molecule has 0 saturated carbocycles. The van der Waals surface area contributed by atoms with Crippen LogP contribution < -0.4 is 31.5 Å². The second kappa shape index (κ2) is 10.9. The summed E-state index contributed by atoms with van der Waals surface area (Å²) < 4.78 is 0. The number of nitrogens with zero attached hydrogens (tertiary/aromatic N) is 2. The Bertz CT molecular complexity index is 2150. The molecule has 9 rings (SSSR count). The summed E-state index contributed by atoms with van der Waals surface area (Å²) in [6.07, 6.45) is 0. The van der Waals surface area contributed by atoms with Gasteiger partial charge in [-0.3, -0.25) is 0 Å². The number of para-hydroxylation sites is 3. The van der Waals surface area contributed by atoms with Gasteiger partial charge in [0.2, 0.25) is 0 Å². The number of rotatable bonds is 5. The summed E-state index contributed by atoms with van der Waals surface area (Å²) in [5, 5.41) is 3.83. The SMILES string of the molecule is c1ccc(-c2ccc3c(c2)Nc2cccc4c2B3c2ccc(N(c3ccccc3)c3ccccc3)cc2N4c2ccccc2)cc1. The lowest BCUT2D eigenvalue weighted by molar-refractivity contribution is 1.25. The van der Waals surface area contributed by atoms with Gasteiger partial charge in [0.1, 0.15) is 0 Å². The summed E-state index contributed by atoms with van der Waals surface area (Å²) >= 11 is 0. The van der Waals surface area contributed by atoms with Gasteiger partial charge in [-0.2, -0.15) is 0 Å². The Kier molecular flexibility index (Phi) is 6.24. The molecule has 1 N–H and O–H groups in total. The minimum absolute atomic E-state index is 0.0955. The average molecular weight is 588 g/mol. The minimum atomic E-state index is 0.0955. The van der Waals surface area contributed by atoms with E-state index in [0.717, 1.165) is 34.1 Å². The number of nitrogens with one attached hydrogen (secondary N) is 1. The van der Waals surface area contributed by atoms with Crippen LogP contribution >= 0.6 is 0 Å². The van der Waals surface area contributed by atoms with E-state index in [1.807, 2.05) is 0 Å². The van der Waals surface area contributed by atoms with E-state index in [1.165, 1.54) is 38.9 Å². The summed E-state index contributed by atoms with van der Waals surface area (Å²) in [6.45, 7) is 0.0955. The molecule has 7 aromatic carbocycles. The van der Waals surface area contributed by atoms with Gasteiger partial charge < -0.3 is 15.1 Å².